The van der Waals surface area contributed by atoms with Crippen molar-refractivity contribution in [3.63, 3.8) is 0 Å². The number of esters is 1. The second kappa shape index (κ2) is 7.58. The Bertz CT molecular complexity index is 516. The molecule has 1 N–H and O–H groups in total. The Hall–Kier alpha value is -2.15. The third-order valence-corrected chi connectivity index (χ3v) is 2.80. The molecule has 0 aliphatic heterocycles. The van der Waals surface area contributed by atoms with Gasteiger partial charge in [-0.15, -0.1) is 0 Å². The van der Waals surface area contributed by atoms with Crippen molar-refractivity contribution in [2.45, 2.75) is 32.9 Å². The van der Waals surface area contributed by atoms with Crippen molar-refractivity contribution < 1.29 is 19.2 Å². The zero-order valence-electron chi connectivity index (χ0n) is 12.6. The molecule has 0 fully saturated rings. The highest BCUT2D eigenvalue weighted by Gasteiger charge is 2.21. The summed E-state index contributed by atoms with van der Waals surface area (Å²) in [5.41, 5.74) is 0.641. The van der Waals surface area contributed by atoms with Crippen LogP contribution >= 0.6 is 0 Å². The van der Waals surface area contributed by atoms with Crippen LogP contribution < -0.4 is 10.1 Å². The molecule has 0 saturated heterocycles. The number of nitro groups is 1. The minimum Gasteiger partial charge on any atom is -0.491 e. The first kappa shape index (κ1) is 16.9. The molecule has 21 heavy (non-hydrogen) atoms. The number of methoxy groups -OCH3 is 1. The number of carbonyl (C=O) groups is 1. The molecule has 7 nitrogen and oxygen atoms in total. The summed E-state index contributed by atoms with van der Waals surface area (Å²) >= 11 is 0. The topological polar surface area (TPSA) is 90.7 Å². The van der Waals surface area contributed by atoms with Gasteiger partial charge >= 0.3 is 5.97 Å². The van der Waals surface area contributed by atoms with Crippen molar-refractivity contribution in [1.82, 2.24) is 5.32 Å². The number of benzene rings is 1. The zero-order valence-corrected chi connectivity index (χ0v) is 12.6. The van der Waals surface area contributed by atoms with Crippen molar-refractivity contribution in [3.05, 3.63) is 33.9 Å². The van der Waals surface area contributed by atoms with Gasteiger partial charge in [0.1, 0.15) is 18.4 Å². The number of ether oxygens (including phenoxy) is 2. The van der Waals surface area contributed by atoms with E-state index in [2.05, 4.69) is 5.32 Å². The number of hydrogen-bond donors (Lipinski definition) is 1. The average Bonchev–Trinajstić information content (AvgIpc) is 2.42. The number of rotatable bonds is 7. The third-order valence-electron chi connectivity index (χ3n) is 2.80. The lowest BCUT2D eigenvalue weighted by Crippen LogP contribution is -2.45. The predicted octanol–water partition coefficient (Wildman–Crippen LogP) is 1.82. The van der Waals surface area contributed by atoms with E-state index in [9.17, 15) is 14.9 Å². The maximum absolute atomic E-state index is 11.6. The van der Waals surface area contributed by atoms with E-state index in [1.54, 1.807) is 6.92 Å². The highest BCUT2D eigenvalue weighted by Crippen LogP contribution is 2.23. The quantitative estimate of drug-likeness (QED) is 0.469. The van der Waals surface area contributed by atoms with Gasteiger partial charge in [-0.25, -0.2) is 0 Å². The lowest BCUT2D eigenvalue weighted by molar-refractivity contribution is -0.384. The Kier molecular flexibility index (Phi) is 6.10. The van der Waals surface area contributed by atoms with Crippen LogP contribution in [-0.4, -0.2) is 36.7 Å². The molecule has 1 aromatic rings. The normalized spacial score (nSPS) is 12.0. The van der Waals surface area contributed by atoms with Crippen LogP contribution in [0.1, 0.15) is 19.4 Å². The van der Waals surface area contributed by atoms with Crippen molar-refractivity contribution >= 4 is 11.7 Å². The summed E-state index contributed by atoms with van der Waals surface area (Å²) in [5, 5.41) is 13.7. The van der Waals surface area contributed by atoms with Crippen LogP contribution in [0.15, 0.2) is 18.2 Å². The summed E-state index contributed by atoms with van der Waals surface area (Å²) in [4.78, 5) is 21.9. The fourth-order valence-corrected chi connectivity index (χ4v) is 1.81. The summed E-state index contributed by atoms with van der Waals surface area (Å²) in [6.07, 6.45) is 0. The number of non-ortho nitro benzene ring substituents is 1. The number of nitrogens with one attached hydrogen (secondary N) is 1. The van der Waals surface area contributed by atoms with Gasteiger partial charge in [0, 0.05) is 18.2 Å². The number of hydrogen-bond acceptors (Lipinski definition) is 6. The number of nitrogens with zero attached hydrogens (tertiary/aromatic N) is 1. The molecule has 0 aliphatic rings. The van der Waals surface area contributed by atoms with Gasteiger partial charge in [-0.3, -0.25) is 20.2 Å². The van der Waals surface area contributed by atoms with Crippen LogP contribution in [0.4, 0.5) is 5.69 Å². The van der Waals surface area contributed by atoms with Crippen LogP contribution in [0.25, 0.3) is 0 Å². The Balaban J connectivity index is 2.75. The highest BCUT2D eigenvalue weighted by molar-refractivity contribution is 5.75. The van der Waals surface area contributed by atoms with Crippen LogP contribution in [0.2, 0.25) is 0 Å². The van der Waals surface area contributed by atoms with Gasteiger partial charge in [0.2, 0.25) is 0 Å². The molecular formula is C14H20N2O5. The summed E-state index contributed by atoms with van der Waals surface area (Å²) in [6.45, 7) is 5.62. The van der Waals surface area contributed by atoms with Crippen LogP contribution in [-0.2, 0) is 9.53 Å². The molecule has 1 rings (SSSR count). The number of carbonyl (C=O) groups excluding carboxylic acids is 1. The van der Waals surface area contributed by atoms with E-state index in [-0.39, 0.29) is 18.3 Å². The van der Waals surface area contributed by atoms with E-state index >= 15 is 0 Å². The molecular weight excluding hydrogens is 276 g/mol. The third kappa shape index (κ3) is 5.03. The maximum atomic E-state index is 11.6. The molecule has 1 aromatic carbocycles. The fourth-order valence-electron chi connectivity index (χ4n) is 1.81. The average molecular weight is 296 g/mol. The maximum Gasteiger partial charge on any atom is 0.326 e. The van der Waals surface area contributed by atoms with Crippen molar-refractivity contribution in [1.29, 1.82) is 0 Å². The van der Waals surface area contributed by atoms with Crippen LogP contribution in [0.5, 0.6) is 5.75 Å². The fraction of sp³-hybridized carbons (Fsp3) is 0.500. The van der Waals surface area contributed by atoms with Gasteiger partial charge < -0.3 is 9.47 Å². The lowest BCUT2D eigenvalue weighted by atomic mass is 10.2. The first-order valence-electron chi connectivity index (χ1n) is 6.57. The van der Waals surface area contributed by atoms with E-state index in [1.807, 2.05) is 13.8 Å². The summed E-state index contributed by atoms with van der Waals surface area (Å²) in [6, 6.07) is 3.82. The molecule has 7 heteroatoms. The number of aryl methyl sites for hydroxylation is 1. The van der Waals surface area contributed by atoms with Gasteiger partial charge in [0.25, 0.3) is 5.69 Å². The van der Waals surface area contributed by atoms with Gasteiger partial charge in [-0.05, 0) is 18.6 Å². The van der Waals surface area contributed by atoms with Crippen LogP contribution in [0, 0.1) is 17.0 Å². The van der Waals surface area contributed by atoms with E-state index in [1.165, 1.54) is 25.3 Å². The predicted molar refractivity (Wildman–Crippen MR) is 77.4 cm³/mol. The first-order chi connectivity index (χ1) is 9.85. The second-order valence-electron chi connectivity index (χ2n) is 4.92. The molecule has 0 aromatic heterocycles. The Morgan fingerprint density at radius 2 is 2.10 bits per heavy atom. The molecule has 0 radical (unpaired) electrons. The van der Waals surface area contributed by atoms with Crippen molar-refractivity contribution in [3.8, 4) is 5.75 Å². The zero-order chi connectivity index (χ0) is 16.0. The molecule has 1 atom stereocenters. The van der Waals surface area contributed by atoms with Crippen molar-refractivity contribution in [2.75, 3.05) is 13.7 Å². The molecule has 0 aliphatic carbocycles. The smallest absolute Gasteiger partial charge is 0.326 e. The summed E-state index contributed by atoms with van der Waals surface area (Å²) in [5.74, 6) is 0.0864. The Labute approximate surface area is 123 Å². The largest absolute Gasteiger partial charge is 0.491 e. The molecule has 0 saturated carbocycles. The standard InChI is InChI=1S/C14H20N2O5/c1-9(2)15-12(14(17)20-4)8-21-13-6-5-11(16(18)19)7-10(13)3/h5-7,9,12,15H,8H2,1-4H3. The first-order valence-corrected chi connectivity index (χ1v) is 6.57. The SMILES string of the molecule is COC(=O)C(COc1ccc([N+](=O)[O-])cc1C)NC(C)C. The second-order valence-corrected chi connectivity index (χ2v) is 4.92. The molecule has 116 valence electrons. The van der Waals surface area contributed by atoms with E-state index in [0.29, 0.717) is 11.3 Å². The van der Waals surface area contributed by atoms with Gasteiger partial charge in [-0.1, -0.05) is 13.8 Å². The van der Waals surface area contributed by atoms with E-state index < -0.39 is 16.9 Å². The molecule has 1 unspecified atom stereocenters. The Morgan fingerprint density at radius 3 is 2.57 bits per heavy atom. The molecule has 0 spiro atoms. The van der Waals surface area contributed by atoms with E-state index in [4.69, 9.17) is 9.47 Å². The molecule has 0 heterocycles. The van der Waals surface area contributed by atoms with Gasteiger partial charge in [0.15, 0.2) is 0 Å². The van der Waals surface area contributed by atoms with Gasteiger partial charge in [0.05, 0.1) is 12.0 Å². The lowest BCUT2D eigenvalue weighted by Gasteiger charge is -2.20. The Morgan fingerprint density at radius 1 is 1.43 bits per heavy atom. The monoisotopic (exact) mass is 296 g/mol. The number of nitro benzene ring substituents is 1. The summed E-state index contributed by atoms with van der Waals surface area (Å²) in [7, 11) is 1.31. The van der Waals surface area contributed by atoms with E-state index in [0.717, 1.165) is 0 Å². The van der Waals surface area contributed by atoms with Crippen molar-refractivity contribution in [2.24, 2.45) is 0 Å². The minimum absolute atomic E-state index is 0.00433. The van der Waals surface area contributed by atoms with Gasteiger partial charge in [-0.2, -0.15) is 0 Å². The summed E-state index contributed by atoms with van der Waals surface area (Å²) < 4.78 is 10.3. The highest BCUT2D eigenvalue weighted by atomic mass is 16.6. The van der Waals surface area contributed by atoms with Crippen LogP contribution in [0.3, 0.4) is 0 Å². The minimum atomic E-state index is -0.593. The molecule has 0 bridgehead atoms. The molecule has 0 amide bonds.